The topological polar surface area (TPSA) is 80.2 Å². The van der Waals surface area contributed by atoms with Crippen LogP contribution in [0.25, 0.3) is 0 Å². The summed E-state index contributed by atoms with van der Waals surface area (Å²) in [7, 11) is 0. The van der Waals surface area contributed by atoms with Gasteiger partial charge in [0.1, 0.15) is 17.3 Å². The lowest BCUT2D eigenvalue weighted by Crippen LogP contribution is -2.43. The van der Waals surface area contributed by atoms with Crippen molar-refractivity contribution in [3.05, 3.63) is 95.3 Å². The van der Waals surface area contributed by atoms with E-state index in [4.69, 9.17) is 9.47 Å². The lowest BCUT2D eigenvalue weighted by atomic mass is 9.85. The molecule has 0 fully saturated rings. The molecular weight excluding hydrogens is 411 g/mol. The molecule has 3 aromatic carbocycles. The minimum absolute atomic E-state index is 0.347. The van der Waals surface area contributed by atoms with E-state index in [1.807, 2.05) is 13.8 Å². The second-order valence-corrected chi connectivity index (χ2v) is 6.88. The normalized spacial score (nSPS) is 11.4. The number of carbonyl (C=O) groups is 1. The van der Waals surface area contributed by atoms with Crippen LogP contribution in [0.1, 0.15) is 30.5 Å². The highest BCUT2D eigenvalue weighted by Gasteiger charge is 2.40. The van der Waals surface area contributed by atoms with Crippen molar-refractivity contribution in [2.24, 2.45) is 5.10 Å². The summed E-state index contributed by atoms with van der Waals surface area (Å²) in [6.07, 6.45) is 1.37. The Morgan fingerprint density at radius 3 is 1.81 bits per heavy atom. The Hall–Kier alpha value is -3.71. The molecule has 0 aliphatic heterocycles. The first kappa shape index (κ1) is 23.0. The van der Waals surface area contributed by atoms with E-state index in [2.05, 4.69) is 10.5 Å². The molecule has 0 atom stereocenters. The second-order valence-electron chi connectivity index (χ2n) is 6.88. The Labute approximate surface area is 186 Å². The molecule has 0 aliphatic carbocycles. The molecule has 0 unspecified atom stereocenters. The number of nitrogens with zero attached hydrogens (tertiary/aromatic N) is 1. The van der Waals surface area contributed by atoms with Gasteiger partial charge in [-0.3, -0.25) is 4.79 Å². The predicted molar refractivity (Wildman–Crippen MR) is 120 cm³/mol. The van der Waals surface area contributed by atoms with Crippen LogP contribution in [-0.4, -0.2) is 30.4 Å². The minimum Gasteiger partial charge on any atom is -0.494 e. The number of ether oxygens (including phenoxy) is 2. The van der Waals surface area contributed by atoms with Gasteiger partial charge in [-0.25, -0.2) is 9.82 Å². The molecule has 0 aliphatic rings. The first-order chi connectivity index (χ1) is 15.5. The molecule has 0 radical (unpaired) electrons. The molecule has 7 heteroatoms. The van der Waals surface area contributed by atoms with Crippen LogP contribution in [0.15, 0.2) is 77.9 Å². The predicted octanol–water partition coefficient (Wildman–Crippen LogP) is 4.01. The first-order valence-corrected chi connectivity index (χ1v) is 10.3. The van der Waals surface area contributed by atoms with Gasteiger partial charge in [-0.2, -0.15) is 5.10 Å². The van der Waals surface area contributed by atoms with Crippen molar-refractivity contribution in [3.8, 4) is 11.5 Å². The van der Waals surface area contributed by atoms with Crippen LogP contribution in [0, 0.1) is 5.82 Å². The Morgan fingerprint density at radius 1 is 0.906 bits per heavy atom. The number of nitrogens with one attached hydrogen (secondary N) is 1. The zero-order chi connectivity index (χ0) is 23.0. The van der Waals surface area contributed by atoms with Crippen molar-refractivity contribution in [3.63, 3.8) is 0 Å². The fourth-order valence-corrected chi connectivity index (χ4v) is 3.14. The van der Waals surface area contributed by atoms with Crippen molar-refractivity contribution < 1.29 is 23.8 Å². The Morgan fingerprint density at radius 2 is 1.38 bits per heavy atom. The smallest absolute Gasteiger partial charge is 0.281 e. The molecule has 0 spiro atoms. The maximum Gasteiger partial charge on any atom is 0.281 e. The number of benzene rings is 3. The van der Waals surface area contributed by atoms with Gasteiger partial charge in [0.25, 0.3) is 5.91 Å². The van der Waals surface area contributed by atoms with Gasteiger partial charge in [-0.1, -0.05) is 36.4 Å². The van der Waals surface area contributed by atoms with E-state index in [-0.39, 0.29) is 5.82 Å². The van der Waals surface area contributed by atoms with E-state index in [1.165, 1.54) is 30.5 Å². The third kappa shape index (κ3) is 5.31. The maximum atomic E-state index is 13.1. The third-order valence-corrected chi connectivity index (χ3v) is 4.74. The molecule has 0 saturated carbocycles. The van der Waals surface area contributed by atoms with Crippen LogP contribution < -0.4 is 14.9 Å². The van der Waals surface area contributed by atoms with Gasteiger partial charge in [0, 0.05) is 0 Å². The molecule has 6 nitrogen and oxygen atoms in total. The molecule has 0 heterocycles. The molecule has 32 heavy (non-hydrogen) atoms. The zero-order valence-corrected chi connectivity index (χ0v) is 17.9. The van der Waals surface area contributed by atoms with Crippen molar-refractivity contribution >= 4 is 12.1 Å². The Kier molecular flexibility index (Phi) is 7.57. The summed E-state index contributed by atoms with van der Waals surface area (Å²) in [4.78, 5) is 13.1. The summed E-state index contributed by atoms with van der Waals surface area (Å²) >= 11 is 0. The number of rotatable bonds is 9. The number of aliphatic hydroxyl groups is 1. The largest absolute Gasteiger partial charge is 0.494 e. The van der Waals surface area contributed by atoms with E-state index in [9.17, 15) is 14.3 Å². The van der Waals surface area contributed by atoms with Crippen LogP contribution in [0.3, 0.4) is 0 Å². The van der Waals surface area contributed by atoms with Crippen molar-refractivity contribution in [1.82, 2.24) is 5.43 Å². The van der Waals surface area contributed by atoms with Crippen molar-refractivity contribution in [2.45, 2.75) is 19.4 Å². The standard InChI is InChI=1S/C25H25FN2O4/c1-3-31-22-13-7-19(8-14-22)25(30,20-9-15-23(16-10-20)32-4-2)24(29)28-27-17-18-5-11-21(26)12-6-18/h5-17,30H,3-4H2,1-2H3,(H,28,29)/b27-17+. The summed E-state index contributed by atoms with van der Waals surface area (Å²) in [5.74, 6) is 0.135. The average Bonchev–Trinajstić information content (AvgIpc) is 2.81. The molecule has 0 aromatic heterocycles. The summed E-state index contributed by atoms with van der Waals surface area (Å²) in [5, 5.41) is 15.5. The van der Waals surface area contributed by atoms with Crippen LogP contribution >= 0.6 is 0 Å². The van der Waals surface area contributed by atoms with E-state index < -0.39 is 11.5 Å². The molecule has 3 aromatic rings. The second kappa shape index (κ2) is 10.5. The number of halogens is 1. The number of amides is 1. The first-order valence-electron chi connectivity index (χ1n) is 10.3. The molecule has 0 saturated heterocycles. The number of hydrogen-bond acceptors (Lipinski definition) is 5. The van der Waals surface area contributed by atoms with Gasteiger partial charge < -0.3 is 14.6 Å². The molecule has 1 amide bonds. The van der Waals surface area contributed by atoms with E-state index in [1.54, 1.807) is 48.5 Å². The minimum atomic E-state index is -2.02. The monoisotopic (exact) mass is 436 g/mol. The summed E-state index contributed by atoms with van der Waals surface area (Å²) in [6.45, 7) is 4.75. The SMILES string of the molecule is CCOc1ccc(C(O)(C(=O)N/N=C/c2ccc(F)cc2)c2ccc(OCC)cc2)cc1. The van der Waals surface area contributed by atoms with Crippen LogP contribution in [0.2, 0.25) is 0 Å². The average molecular weight is 436 g/mol. The summed E-state index contributed by atoms with van der Waals surface area (Å²) in [5.41, 5.74) is 1.66. The molecule has 3 rings (SSSR count). The Balaban J connectivity index is 1.91. The van der Waals surface area contributed by atoms with Crippen molar-refractivity contribution in [1.29, 1.82) is 0 Å². The highest BCUT2D eigenvalue weighted by atomic mass is 19.1. The lowest BCUT2D eigenvalue weighted by molar-refractivity contribution is -0.136. The van der Waals surface area contributed by atoms with Crippen LogP contribution in [0.4, 0.5) is 4.39 Å². The molecule has 166 valence electrons. The molecule has 2 N–H and O–H groups in total. The molecular formula is C25H25FN2O4. The fraction of sp³-hybridized carbons (Fsp3) is 0.200. The molecule has 0 bridgehead atoms. The number of hydrogen-bond donors (Lipinski definition) is 2. The quantitative estimate of drug-likeness (QED) is 0.392. The van der Waals surface area contributed by atoms with E-state index in [0.29, 0.717) is 41.4 Å². The van der Waals surface area contributed by atoms with E-state index in [0.717, 1.165) is 0 Å². The van der Waals surface area contributed by atoms with Gasteiger partial charge in [0.05, 0.1) is 19.4 Å². The van der Waals surface area contributed by atoms with Gasteiger partial charge in [0.15, 0.2) is 5.60 Å². The van der Waals surface area contributed by atoms with Crippen molar-refractivity contribution in [2.75, 3.05) is 13.2 Å². The van der Waals surface area contributed by atoms with Gasteiger partial charge in [0.2, 0.25) is 0 Å². The summed E-state index contributed by atoms with van der Waals surface area (Å²) in [6, 6.07) is 18.9. The maximum absolute atomic E-state index is 13.1. The van der Waals surface area contributed by atoms with Gasteiger partial charge >= 0.3 is 0 Å². The summed E-state index contributed by atoms with van der Waals surface area (Å²) < 4.78 is 24.0. The van der Waals surface area contributed by atoms with E-state index >= 15 is 0 Å². The number of carbonyl (C=O) groups excluding carboxylic acids is 1. The lowest BCUT2D eigenvalue weighted by Gasteiger charge is -2.27. The Bertz CT molecular complexity index is 999. The van der Waals surface area contributed by atoms with Crippen LogP contribution in [0.5, 0.6) is 11.5 Å². The highest BCUT2D eigenvalue weighted by Crippen LogP contribution is 2.32. The fourth-order valence-electron chi connectivity index (χ4n) is 3.14. The number of hydrazone groups is 1. The highest BCUT2D eigenvalue weighted by molar-refractivity contribution is 5.91. The zero-order valence-electron chi connectivity index (χ0n) is 17.9. The van der Waals surface area contributed by atoms with Crippen LogP contribution in [-0.2, 0) is 10.4 Å². The third-order valence-electron chi connectivity index (χ3n) is 4.74. The van der Waals surface area contributed by atoms with Gasteiger partial charge in [-0.15, -0.1) is 0 Å². The van der Waals surface area contributed by atoms with Gasteiger partial charge in [-0.05, 0) is 66.9 Å².